The maximum Gasteiger partial charge on any atom is 0.307 e. The smallest absolute Gasteiger partial charge is 0.307 e. The molecule has 0 aliphatic heterocycles. The van der Waals surface area contributed by atoms with Crippen molar-refractivity contribution < 1.29 is 23.1 Å². The van der Waals surface area contributed by atoms with Gasteiger partial charge in [0.2, 0.25) is 0 Å². The van der Waals surface area contributed by atoms with E-state index in [2.05, 4.69) is 5.10 Å². The predicted octanol–water partition coefficient (Wildman–Crippen LogP) is 2.58. The van der Waals surface area contributed by atoms with Crippen molar-refractivity contribution in [3.05, 3.63) is 41.8 Å². The summed E-state index contributed by atoms with van der Waals surface area (Å²) in [6.45, 7) is -0.573. The van der Waals surface area contributed by atoms with Gasteiger partial charge in [0.05, 0.1) is 12.1 Å². The van der Waals surface area contributed by atoms with Gasteiger partial charge in [0.15, 0.2) is 0 Å². The molecule has 1 N–H and O–H groups in total. The fourth-order valence-corrected chi connectivity index (χ4v) is 1.80. The van der Waals surface area contributed by atoms with Crippen LogP contribution in [0.3, 0.4) is 0 Å². The van der Waals surface area contributed by atoms with Crippen LogP contribution in [0.2, 0.25) is 0 Å². The summed E-state index contributed by atoms with van der Waals surface area (Å²) < 4.78 is 39.2. The minimum absolute atomic E-state index is 0.0942. The minimum atomic E-state index is -2.55. The van der Waals surface area contributed by atoms with Gasteiger partial charge in [-0.1, -0.05) is 6.07 Å². The van der Waals surface area contributed by atoms with Crippen LogP contribution in [0.4, 0.5) is 13.2 Å². The first-order valence-corrected chi connectivity index (χ1v) is 5.78. The molecule has 0 saturated heterocycles. The molecule has 0 bridgehead atoms. The summed E-state index contributed by atoms with van der Waals surface area (Å²) in [6, 6.07) is 5.27. The van der Waals surface area contributed by atoms with Gasteiger partial charge in [0.25, 0.3) is 6.43 Å². The van der Waals surface area contributed by atoms with Crippen LogP contribution in [0.25, 0.3) is 11.3 Å². The molecule has 0 spiro atoms. The summed E-state index contributed by atoms with van der Waals surface area (Å²) in [5, 5.41) is 12.6. The van der Waals surface area contributed by atoms with Crippen molar-refractivity contribution in [2.24, 2.45) is 0 Å². The fourth-order valence-electron chi connectivity index (χ4n) is 1.80. The summed E-state index contributed by atoms with van der Waals surface area (Å²) in [5.41, 5.74) is 0.699. The largest absolute Gasteiger partial charge is 0.481 e. The summed E-state index contributed by atoms with van der Waals surface area (Å²) in [5.74, 6) is -1.62. The zero-order valence-corrected chi connectivity index (χ0v) is 10.3. The molecule has 1 heterocycles. The number of alkyl halides is 2. The first-order chi connectivity index (χ1) is 9.45. The van der Waals surface area contributed by atoms with Gasteiger partial charge in [0, 0.05) is 11.8 Å². The standard InChI is InChI=1S/C13H11F3N2O2/c14-10-2-1-8(6-13(19)20)5-9(10)11-3-4-18(17-11)7-12(15)16/h1-5,12H,6-7H2,(H,19,20). The Morgan fingerprint density at radius 1 is 1.35 bits per heavy atom. The Hall–Kier alpha value is -2.31. The van der Waals surface area contributed by atoms with Crippen molar-refractivity contribution in [3.63, 3.8) is 0 Å². The number of carboxylic acid groups (broad SMARTS) is 1. The Kier molecular flexibility index (Phi) is 4.07. The van der Waals surface area contributed by atoms with Gasteiger partial charge in [0.1, 0.15) is 12.4 Å². The van der Waals surface area contributed by atoms with E-state index in [1.54, 1.807) is 0 Å². The number of nitrogens with zero attached hydrogens (tertiary/aromatic N) is 2. The third kappa shape index (κ3) is 3.37. The summed E-state index contributed by atoms with van der Waals surface area (Å²) in [4.78, 5) is 10.6. The molecule has 1 aromatic carbocycles. The van der Waals surface area contributed by atoms with Gasteiger partial charge in [-0.15, -0.1) is 0 Å². The van der Waals surface area contributed by atoms with Crippen LogP contribution in [0, 0.1) is 5.82 Å². The molecule has 1 aromatic heterocycles. The molecule has 7 heteroatoms. The zero-order valence-electron chi connectivity index (χ0n) is 10.3. The van der Waals surface area contributed by atoms with Crippen LogP contribution in [-0.2, 0) is 17.8 Å². The Morgan fingerprint density at radius 3 is 2.75 bits per heavy atom. The number of hydrogen-bond donors (Lipinski definition) is 1. The van der Waals surface area contributed by atoms with Crippen LogP contribution < -0.4 is 0 Å². The van der Waals surface area contributed by atoms with Crippen LogP contribution in [0.1, 0.15) is 5.56 Å². The molecule has 0 atom stereocenters. The molecule has 0 saturated carbocycles. The van der Waals surface area contributed by atoms with E-state index in [1.165, 1.54) is 24.4 Å². The second-order valence-corrected chi connectivity index (χ2v) is 4.20. The third-order valence-electron chi connectivity index (χ3n) is 2.63. The Balaban J connectivity index is 2.31. The van der Waals surface area contributed by atoms with Crippen LogP contribution in [0.5, 0.6) is 0 Å². The monoisotopic (exact) mass is 284 g/mol. The van der Waals surface area contributed by atoms with E-state index < -0.39 is 24.8 Å². The second-order valence-electron chi connectivity index (χ2n) is 4.20. The molecule has 0 unspecified atom stereocenters. The van der Waals surface area contributed by atoms with E-state index in [9.17, 15) is 18.0 Å². The van der Waals surface area contributed by atoms with E-state index in [1.807, 2.05) is 0 Å². The number of carbonyl (C=O) groups is 1. The van der Waals surface area contributed by atoms with Crippen LogP contribution in [0.15, 0.2) is 30.5 Å². The van der Waals surface area contributed by atoms with Crippen molar-refractivity contribution in [2.45, 2.75) is 19.4 Å². The van der Waals surface area contributed by atoms with Crippen molar-refractivity contribution in [1.82, 2.24) is 9.78 Å². The molecule has 0 fully saturated rings. The molecular weight excluding hydrogens is 273 g/mol. The van der Waals surface area contributed by atoms with Gasteiger partial charge in [-0.2, -0.15) is 5.10 Å². The molecule has 0 radical (unpaired) electrons. The average Bonchev–Trinajstić information content (AvgIpc) is 2.78. The Morgan fingerprint density at radius 2 is 2.10 bits per heavy atom. The quantitative estimate of drug-likeness (QED) is 0.918. The van der Waals surface area contributed by atoms with E-state index in [-0.39, 0.29) is 17.7 Å². The number of aliphatic carboxylic acids is 1. The van der Waals surface area contributed by atoms with Gasteiger partial charge in [-0.05, 0) is 23.8 Å². The molecule has 4 nitrogen and oxygen atoms in total. The van der Waals surface area contributed by atoms with Crippen molar-refractivity contribution in [3.8, 4) is 11.3 Å². The molecule has 2 aromatic rings. The topological polar surface area (TPSA) is 55.1 Å². The van der Waals surface area contributed by atoms with E-state index in [4.69, 9.17) is 5.11 Å². The van der Waals surface area contributed by atoms with E-state index >= 15 is 0 Å². The van der Waals surface area contributed by atoms with Gasteiger partial charge < -0.3 is 5.11 Å². The molecule has 20 heavy (non-hydrogen) atoms. The number of aromatic nitrogens is 2. The molecular formula is C13H11F3N2O2. The normalized spacial score (nSPS) is 11.0. The van der Waals surface area contributed by atoms with Gasteiger partial charge in [-0.3, -0.25) is 9.48 Å². The minimum Gasteiger partial charge on any atom is -0.481 e. The molecule has 0 aliphatic carbocycles. The lowest BCUT2D eigenvalue weighted by Crippen LogP contribution is -2.07. The molecule has 2 rings (SSSR count). The third-order valence-corrected chi connectivity index (χ3v) is 2.63. The lowest BCUT2D eigenvalue weighted by molar-refractivity contribution is -0.136. The van der Waals surface area contributed by atoms with Crippen LogP contribution in [-0.4, -0.2) is 27.3 Å². The number of carboxylic acids is 1. The first kappa shape index (κ1) is 14.1. The number of rotatable bonds is 5. The number of benzene rings is 1. The predicted molar refractivity (Wildman–Crippen MR) is 65.0 cm³/mol. The highest BCUT2D eigenvalue weighted by Crippen LogP contribution is 2.23. The SMILES string of the molecule is O=C(O)Cc1ccc(F)c(-c2ccn(CC(F)F)n2)c1. The summed E-state index contributed by atoms with van der Waals surface area (Å²) in [6.07, 6.45) is -1.47. The average molecular weight is 284 g/mol. The maximum atomic E-state index is 13.7. The lowest BCUT2D eigenvalue weighted by atomic mass is 10.1. The van der Waals surface area contributed by atoms with E-state index in [0.717, 1.165) is 10.7 Å². The maximum absolute atomic E-state index is 13.7. The lowest BCUT2D eigenvalue weighted by Gasteiger charge is -2.03. The van der Waals surface area contributed by atoms with Crippen molar-refractivity contribution in [1.29, 1.82) is 0 Å². The molecule has 0 amide bonds. The Bertz CT molecular complexity index is 626. The highest BCUT2D eigenvalue weighted by molar-refractivity contribution is 5.71. The summed E-state index contributed by atoms with van der Waals surface area (Å²) >= 11 is 0. The van der Waals surface area contributed by atoms with Crippen LogP contribution >= 0.6 is 0 Å². The zero-order chi connectivity index (χ0) is 14.7. The number of halogens is 3. The van der Waals surface area contributed by atoms with E-state index in [0.29, 0.717) is 5.56 Å². The molecule has 0 aliphatic rings. The fraction of sp³-hybridized carbons (Fsp3) is 0.231. The summed E-state index contributed by atoms with van der Waals surface area (Å²) in [7, 11) is 0. The second kappa shape index (κ2) is 5.77. The first-order valence-electron chi connectivity index (χ1n) is 5.78. The van der Waals surface area contributed by atoms with Gasteiger partial charge in [-0.25, -0.2) is 13.2 Å². The van der Waals surface area contributed by atoms with Gasteiger partial charge >= 0.3 is 5.97 Å². The highest BCUT2D eigenvalue weighted by atomic mass is 19.3. The number of hydrogen-bond acceptors (Lipinski definition) is 2. The van der Waals surface area contributed by atoms with Crippen molar-refractivity contribution >= 4 is 5.97 Å². The van der Waals surface area contributed by atoms with Crippen molar-refractivity contribution in [2.75, 3.05) is 0 Å². The molecule has 106 valence electrons. The Labute approximate surface area is 112 Å². The highest BCUT2D eigenvalue weighted by Gasteiger charge is 2.12.